The minimum absolute atomic E-state index is 0.908. The maximum absolute atomic E-state index is 8.35. The molecule has 0 radical (unpaired) electrons. The molecule has 0 fully saturated rings. The summed E-state index contributed by atoms with van der Waals surface area (Å²) in [5.74, 6) is 0. The Morgan fingerprint density at radius 3 is 2.54 bits per heavy atom. The molecule has 0 aromatic heterocycles. The Hall–Kier alpha value is -1.51. The van der Waals surface area contributed by atoms with Crippen molar-refractivity contribution in [3.8, 4) is 0 Å². The Bertz CT molecular complexity index is 319. The first-order chi connectivity index (χ1) is 6.15. The van der Waals surface area contributed by atoms with E-state index in [2.05, 4.69) is 10.1 Å². The van der Waals surface area contributed by atoms with E-state index in [0.717, 1.165) is 5.56 Å². The highest BCUT2D eigenvalue weighted by molar-refractivity contribution is 5.80. The zero-order valence-corrected chi connectivity index (χ0v) is 8.15. The van der Waals surface area contributed by atoms with Crippen molar-refractivity contribution < 1.29 is 5.21 Å². The van der Waals surface area contributed by atoms with Crippen LogP contribution < -0.4 is 4.90 Å². The SMILES string of the molecule is Cc1cc(/C=N/O)ccc1N(C)C. The van der Waals surface area contributed by atoms with Gasteiger partial charge < -0.3 is 10.1 Å². The molecule has 0 heterocycles. The summed E-state index contributed by atoms with van der Waals surface area (Å²) in [6, 6.07) is 5.91. The van der Waals surface area contributed by atoms with Crippen LogP contribution in [-0.4, -0.2) is 25.5 Å². The highest BCUT2D eigenvalue weighted by atomic mass is 16.4. The molecule has 70 valence electrons. The number of hydrogen-bond acceptors (Lipinski definition) is 3. The molecule has 0 amide bonds. The Balaban J connectivity index is 3.05. The second-order valence-electron chi connectivity index (χ2n) is 3.18. The van der Waals surface area contributed by atoms with E-state index < -0.39 is 0 Å². The molecule has 3 heteroatoms. The fraction of sp³-hybridized carbons (Fsp3) is 0.300. The smallest absolute Gasteiger partial charge is 0.0733 e. The van der Waals surface area contributed by atoms with E-state index in [4.69, 9.17) is 5.21 Å². The van der Waals surface area contributed by atoms with Crippen molar-refractivity contribution >= 4 is 11.9 Å². The lowest BCUT2D eigenvalue weighted by molar-refractivity contribution is 0.322. The molecule has 0 unspecified atom stereocenters. The quantitative estimate of drug-likeness (QED) is 0.426. The summed E-state index contributed by atoms with van der Waals surface area (Å²) in [6.45, 7) is 2.03. The van der Waals surface area contributed by atoms with Crippen molar-refractivity contribution in [2.45, 2.75) is 6.92 Å². The zero-order chi connectivity index (χ0) is 9.84. The third-order valence-electron chi connectivity index (χ3n) is 1.91. The number of anilines is 1. The highest BCUT2D eigenvalue weighted by Gasteiger charge is 1.99. The van der Waals surface area contributed by atoms with E-state index in [1.807, 2.05) is 39.2 Å². The summed E-state index contributed by atoms with van der Waals surface area (Å²) in [6.07, 6.45) is 1.42. The lowest BCUT2D eigenvalue weighted by Gasteiger charge is -2.15. The first kappa shape index (κ1) is 9.58. The normalized spacial score (nSPS) is 10.7. The third kappa shape index (κ3) is 2.21. The van der Waals surface area contributed by atoms with Crippen LogP contribution in [0.15, 0.2) is 23.4 Å². The molecule has 0 spiro atoms. The van der Waals surface area contributed by atoms with Gasteiger partial charge in [0.2, 0.25) is 0 Å². The maximum Gasteiger partial charge on any atom is 0.0733 e. The van der Waals surface area contributed by atoms with Crippen LogP contribution in [0.4, 0.5) is 5.69 Å². The molecule has 0 aliphatic carbocycles. The van der Waals surface area contributed by atoms with Crippen LogP contribution in [-0.2, 0) is 0 Å². The van der Waals surface area contributed by atoms with Gasteiger partial charge in [0, 0.05) is 19.8 Å². The monoisotopic (exact) mass is 178 g/mol. The van der Waals surface area contributed by atoms with E-state index in [9.17, 15) is 0 Å². The summed E-state index contributed by atoms with van der Waals surface area (Å²) in [5, 5.41) is 11.3. The van der Waals surface area contributed by atoms with Gasteiger partial charge in [-0.25, -0.2) is 0 Å². The third-order valence-corrected chi connectivity index (χ3v) is 1.91. The zero-order valence-electron chi connectivity index (χ0n) is 8.15. The van der Waals surface area contributed by atoms with Gasteiger partial charge in [0.1, 0.15) is 0 Å². The lowest BCUT2D eigenvalue weighted by atomic mass is 10.1. The summed E-state index contributed by atoms with van der Waals surface area (Å²) in [4.78, 5) is 2.05. The molecular formula is C10H14N2O. The summed E-state index contributed by atoms with van der Waals surface area (Å²) in [7, 11) is 4.00. The molecule has 1 aromatic rings. The van der Waals surface area contributed by atoms with Crippen molar-refractivity contribution in [3.05, 3.63) is 29.3 Å². The topological polar surface area (TPSA) is 35.8 Å². The predicted molar refractivity (Wildman–Crippen MR) is 54.9 cm³/mol. The Labute approximate surface area is 78.3 Å². The number of oxime groups is 1. The van der Waals surface area contributed by atoms with Gasteiger partial charge in [0.25, 0.3) is 0 Å². The molecule has 1 rings (SSSR count). The maximum atomic E-state index is 8.35. The first-order valence-corrected chi connectivity index (χ1v) is 4.10. The molecular weight excluding hydrogens is 164 g/mol. The van der Waals surface area contributed by atoms with Crippen LogP contribution in [0.2, 0.25) is 0 Å². The average molecular weight is 178 g/mol. The van der Waals surface area contributed by atoms with E-state index in [1.54, 1.807) is 0 Å². The van der Waals surface area contributed by atoms with Crippen LogP contribution >= 0.6 is 0 Å². The van der Waals surface area contributed by atoms with E-state index in [1.165, 1.54) is 17.5 Å². The van der Waals surface area contributed by atoms with E-state index in [-0.39, 0.29) is 0 Å². The van der Waals surface area contributed by atoms with Gasteiger partial charge in [-0.2, -0.15) is 0 Å². The Morgan fingerprint density at radius 2 is 2.08 bits per heavy atom. The van der Waals surface area contributed by atoms with Gasteiger partial charge in [-0.3, -0.25) is 0 Å². The Morgan fingerprint density at radius 1 is 1.38 bits per heavy atom. The molecule has 0 aliphatic rings. The summed E-state index contributed by atoms with van der Waals surface area (Å²) < 4.78 is 0. The fourth-order valence-electron chi connectivity index (χ4n) is 1.33. The molecule has 0 bridgehead atoms. The number of aryl methyl sites for hydroxylation is 1. The summed E-state index contributed by atoms with van der Waals surface area (Å²) >= 11 is 0. The standard InChI is InChI=1S/C10H14N2O/c1-8-6-9(7-11-13)4-5-10(8)12(2)3/h4-7,13H,1-3H3/b11-7+. The van der Waals surface area contributed by atoms with Crippen molar-refractivity contribution in [1.29, 1.82) is 0 Å². The molecule has 1 aromatic carbocycles. The largest absolute Gasteiger partial charge is 0.411 e. The molecule has 0 saturated carbocycles. The van der Waals surface area contributed by atoms with Crippen molar-refractivity contribution in [3.63, 3.8) is 0 Å². The number of hydrogen-bond donors (Lipinski definition) is 1. The Kier molecular flexibility index (Phi) is 2.90. The molecule has 0 atom stereocenters. The first-order valence-electron chi connectivity index (χ1n) is 4.10. The second kappa shape index (κ2) is 3.94. The molecule has 0 aliphatic heterocycles. The molecule has 13 heavy (non-hydrogen) atoms. The fourth-order valence-corrected chi connectivity index (χ4v) is 1.33. The number of benzene rings is 1. The minimum Gasteiger partial charge on any atom is -0.411 e. The number of nitrogens with zero attached hydrogens (tertiary/aromatic N) is 2. The minimum atomic E-state index is 0.908. The van der Waals surface area contributed by atoms with Crippen LogP contribution in [0, 0.1) is 6.92 Å². The van der Waals surface area contributed by atoms with Gasteiger partial charge in [-0.05, 0) is 30.2 Å². The second-order valence-corrected chi connectivity index (χ2v) is 3.18. The van der Waals surface area contributed by atoms with Crippen molar-refractivity contribution in [2.24, 2.45) is 5.16 Å². The van der Waals surface area contributed by atoms with Gasteiger partial charge in [0.15, 0.2) is 0 Å². The molecule has 0 saturated heterocycles. The highest BCUT2D eigenvalue weighted by Crippen LogP contribution is 2.17. The summed E-state index contributed by atoms with van der Waals surface area (Å²) in [5.41, 5.74) is 3.25. The van der Waals surface area contributed by atoms with Gasteiger partial charge >= 0.3 is 0 Å². The van der Waals surface area contributed by atoms with Crippen molar-refractivity contribution in [2.75, 3.05) is 19.0 Å². The lowest BCUT2D eigenvalue weighted by Crippen LogP contribution is -2.10. The molecule has 3 nitrogen and oxygen atoms in total. The van der Waals surface area contributed by atoms with E-state index in [0.29, 0.717) is 0 Å². The van der Waals surface area contributed by atoms with Crippen LogP contribution in [0.3, 0.4) is 0 Å². The van der Waals surface area contributed by atoms with Crippen LogP contribution in [0.1, 0.15) is 11.1 Å². The van der Waals surface area contributed by atoms with Crippen LogP contribution in [0.5, 0.6) is 0 Å². The van der Waals surface area contributed by atoms with E-state index >= 15 is 0 Å². The molecule has 1 N–H and O–H groups in total. The van der Waals surface area contributed by atoms with Crippen molar-refractivity contribution in [1.82, 2.24) is 0 Å². The van der Waals surface area contributed by atoms with Crippen LogP contribution in [0.25, 0.3) is 0 Å². The predicted octanol–water partition coefficient (Wildman–Crippen LogP) is 1.87. The van der Waals surface area contributed by atoms with Gasteiger partial charge in [0.05, 0.1) is 6.21 Å². The average Bonchev–Trinajstić information content (AvgIpc) is 2.04. The number of rotatable bonds is 2. The van der Waals surface area contributed by atoms with Gasteiger partial charge in [-0.15, -0.1) is 0 Å². The van der Waals surface area contributed by atoms with Gasteiger partial charge in [-0.1, -0.05) is 11.2 Å².